The largest absolute Gasteiger partial charge is 0.478 e. The summed E-state index contributed by atoms with van der Waals surface area (Å²) >= 11 is 0. The molecule has 5 rings (SSSR count). The number of rotatable bonds is 3. The van der Waals surface area contributed by atoms with Gasteiger partial charge in [-0.3, -0.25) is 0 Å². The first kappa shape index (κ1) is 21.8. The van der Waals surface area contributed by atoms with Crippen molar-refractivity contribution in [2.45, 2.75) is 33.1 Å². The number of carboxylic acid groups (broad SMARTS) is 1. The smallest absolute Gasteiger partial charge is 0.336 e. The Morgan fingerprint density at radius 1 is 0.706 bits per heavy atom. The quantitative estimate of drug-likeness (QED) is 0.289. The molecule has 0 aliphatic heterocycles. The van der Waals surface area contributed by atoms with Gasteiger partial charge in [0.1, 0.15) is 0 Å². The molecule has 0 saturated carbocycles. The monoisotopic (exact) mass is 448 g/mol. The Bertz CT molecular complexity index is 1400. The van der Waals surface area contributed by atoms with E-state index in [2.05, 4.69) is 36.4 Å². The van der Waals surface area contributed by atoms with E-state index in [9.17, 15) is 9.90 Å². The Kier molecular flexibility index (Phi) is 4.80. The van der Waals surface area contributed by atoms with Crippen molar-refractivity contribution in [1.29, 1.82) is 0 Å². The van der Waals surface area contributed by atoms with Crippen LogP contribution in [0.15, 0.2) is 66.7 Å². The van der Waals surface area contributed by atoms with Gasteiger partial charge in [0.2, 0.25) is 0 Å². The molecule has 0 aromatic heterocycles. The van der Waals surface area contributed by atoms with Gasteiger partial charge < -0.3 is 16.6 Å². The Hall–Kier alpha value is -4.05. The Labute approximate surface area is 199 Å². The van der Waals surface area contributed by atoms with Crippen LogP contribution >= 0.6 is 0 Å². The topological polar surface area (TPSA) is 89.3 Å². The van der Waals surface area contributed by atoms with Gasteiger partial charge in [0.05, 0.1) is 11.0 Å². The summed E-state index contributed by atoms with van der Waals surface area (Å²) in [5.41, 5.74) is 23.7. The molecule has 1 aliphatic carbocycles. The minimum Gasteiger partial charge on any atom is -0.478 e. The molecule has 0 radical (unpaired) electrons. The lowest BCUT2D eigenvalue weighted by Crippen LogP contribution is -2.29. The third-order valence-corrected chi connectivity index (χ3v) is 7.35. The number of aryl methyl sites for hydroxylation is 4. The zero-order chi connectivity index (χ0) is 24.4. The number of hydrogen-bond acceptors (Lipinski definition) is 3. The summed E-state index contributed by atoms with van der Waals surface area (Å²) in [5.74, 6) is -0.934. The maximum absolute atomic E-state index is 12.3. The van der Waals surface area contributed by atoms with E-state index in [1.54, 1.807) is 6.07 Å². The molecule has 4 nitrogen and oxygen atoms in total. The van der Waals surface area contributed by atoms with Crippen LogP contribution < -0.4 is 11.5 Å². The van der Waals surface area contributed by atoms with Gasteiger partial charge in [0.25, 0.3) is 0 Å². The van der Waals surface area contributed by atoms with Crippen LogP contribution in [0.25, 0.3) is 11.1 Å². The first-order chi connectivity index (χ1) is 16.2. The van der Waals surface area contributed by atoms with Crippen molar-refractivity contribution in [3.8, 4) is 11.1 Å². The van der Waals surface area contributed by atoms with E-state index >= 15 is 0 Å². The van der Waals surface area contributed by atoms with Crippen LogP contribution in [0.1, 0.15) is 54.9 Å². The third-order valence-electron chi connectivity index (χ3n) is 7.35. The molecule has 4 aromatic carbocycles. The number of carbonyl (C=O) groups is 1. The van der Waals surface area contributed by atoms with Gasteiger partial charge in [-0.25, -0.2) is 4.79 Å². The average Bonchev–Trinajstić information content (AvgIpc) is 3.11. The molecular formula is C30H28N2O2. The summed E-state index contributed by atoms with van der Waals surface area (Å²) in [6.45, 7) is 8.09. The second-order valence-corrected chi connectivity index (χ2v) is 9.38. The van der Waals surface area contributed by atoms with Gasteiger partial charge in [-0.2, -0.15) is 0 Å². The molecule has 170 valence electrons. The van der Waals surface area contributed by atoms with Crippen LogP contribution in [0, 0.1) is 27.7 Å². The second kappa shape index (κ2) is 7.49. The van der Waals surface area contributed by atoms with Gasteiger partial charge in [-0.05, 0) is 83.8 Å². The van der Waals surface area contributed by atoms with E-state index in [1.165, 1.54) is 0 Å². The van der Waals surface area contributed by atoms with Crippen molar-refractivity contribution in [1.82, 2.24) is 0 Å². The van der Waals surface area contributed by atoms with Crippen LogP contribution in [0.2, 0.25) is 0 Å². The normalized spacial score (nSPS) is 13.4. The summed E-state index contributed by atoms with van der Waals surface area (Å²) in [4.78, 5) is 12.3. The average molecular weight is 449 g/mol. The third kappa shape index (κ3) is 2.81. The molecule has 34 heavy (non-hydrogen) atoms. The van der Waals surface area contributed by atoms with Crippen LogP contribution in [0.5, 0.6) is 0 Å². The van der Waals surface area contributed by atoms with Crippen molar-refractivity contribution in [3.63, 3.8) is 0 Å². The molecule has 4 heteroatoms. The van der Waals surface area contributed by atoms with E-state index in [0.29, 0.717) is 5.56 Å². The fourth-order valence-corrected chi connectivity index (χ4v) is 5.68. The molecule has 0 amide bonds. The number of aromatic carboxylic acids is 1. The van der Waals surface area contributed by atoms with Gasteiger partial charge in [0.15, 0.2) is 0 Å². The SMILES string of the molecule is Cc1cc(C2(c3cc(C)c(N)c(C)c3)c3ccccc3-c3c(C(=O)O)cccc32)cc(C)c1N. The molecule has 4 aromatic rings. The highest BCUT2D eigenvalue weighted by Gasteiger charge is 2.47. The number of fused-ring (bicyclic) bond motifs is 3. The second-order valence-electron chi connectivity index (χ2n) is 9.38. The highest BCUT2D eigenvalue weighted by atomic mass is 16.4. The van der Waals surface area contributed by atoms with Crippen LogP contribution in [0.4, 0.5) is 11.4 Å². The first-order valence-electron chi connectivity index (χ1n) is 11.4. The van der Waals surface area contributed by atoms with Crippen LogP contribution in [0.3, 0.4) is 0 Å². The van der Waals surface area contributed by atoms with Gasteiger partial charge >= 0.3 is 5.97 Å². The molecule has 0 saturated heterocycles. The Morgan fingerprint density at radius 3 is 1.68 bits per heavy atom. The summed E-state index contributed by atoms with van der Waals surface area (Å²) in [5, 5.41) is 10.1. The number of nitrogen functional groups attached to an aromatic ring is 2. The van der Waals surface area contributed by atoms with E-state index in [0.717, 1.165) is 67.0 Å². The van der Waals surface area contributed by atoms with Gasteiger partial charge in [0, 0.05) is 16.9 Å². The van der Waals surface area contributed by atoms with Crippen LogP contribution in [-0.4, -0.2) is 11.1 Å². The molecule has 0 bridgehead atoms. The van der Waals surface area contributed by atoms with Crippen molar-refractivity contribution in [3.05, 3.63) is 117 Å². The van der Waals surface area contributed by atoms with Crippen molar-refractivity contribution in [2.75, 3.05) is 11.5 Å². The Balaban J connectivity index is 2.04. The van der Waals surface area contributed by atoms with E-state index in [-0.39, 0.29) is 0 Å². The summed E-state index contributed by atoms with van der Waals surface area (Å²) in [6, 6.07) is 22.3. The van der Waals surface area contributed by atoms with Crippen molar-refractivity contribution >= 4 is 17.3 Å². The fraction of sp³-hybridized carbons (Fsp3) is 0.167. The lowest BCUT2D eigenvalue weighted by atomic mass is 9.66. The molecule has 5 N–H and O–H groups in total. The lowest BCUT2D eigenvalue weighted by molar-refractivity contribution is 0.0697. The van der Waals surface area contributed by atoms with E-state index in [4.69, 9.17) is 11.5 Å². The van der Waals surface area contributed by atoms with Crippen molar-refractivity contribution < 1.29 is 9.90 Å². The molecule has 0 fully saturated rings. The summed E-state index contributed by atoms with van der Waals surface area (Å²) in [6.07, 6.45) is 0. The number of hydrogen-bond donors (Lipinski definition) is 3. The molecule has 0 atom stereocenters. The highest BCUT2D eigenvalue weighted by molar-refractivity contribution is 6.01. The zero-order valence-electron chi connectivity index (χ0n) is 19.9. The fourth-order valence-electron chi connectivity index (χ4n) is 5.68. The minimum absolute atomic E-state index is 0.305. The van der Waals surface area contributed by atoms with Gasteiger partial charge in [-0.15, -0.1) is 0 Å². The summed E-state index contributed by atoms with van der Waals surface area (Å²) in [7, 11) is 0. The minimum atomic E-state index is -0.934. The molecule has 1 aliphatic rings. The molecule has 0 heterocycles. The standard InChI is InChI=1S/C30H28N2O2/c1-16-12-20(13-17(2)27(16)31)30(21-14-18(3)28(32)19(4)15-21)24-10-6-5-8-22(24)26-23(29(33)34)9-7-11-25(26)30/h5-15H,31-32H2,1-4H3,(H,33,34). The number of carboxylic acids is 1. The van der Waals surface area contributed by atoms with Gasteiger partial charge in [-0.1, -0.05) is 60.7 Å². The molecular weight excluding hydrogens is 420 g/mol. The first-order valence-corrected chi connectivity index (χ1v) is 11.4. The predicted octanol–water partition coefficient (Wildman–Crippen LogP) is 6.15. The maximum atomic E-state index is 12.3. The molecule has 0 spiro atoms. The number of nitrogens with two attached hydrogens (primary N) is 2. The Morgan fingerprint density at radius 2 is 1.18 bits per heavy atom. The summed E-state index contributed by atoms with van der Waals surface area (Å²) < 4.78 is 0. The van der Waals surface area contributed by atoms with Crippen LogP contribution in [-0.2, 0) is 5.41 Å². The molecule has 0 unspecified atom stereocenters. The zero-order valence-corrected chi connectivity index (χ0v) is 19.9. The highest BCUT2D eigenvalue weighted by Crippen LogP contribution is 2.57. The predicted molar refractivity (Wildman–Crippen MR) is 138 cm³/mol. The van der Waals surface area contributed by atoms with E-state index < -0.39 is 11.4 Å². The van der Waals surface area contributed by atoms with Crippen molar-refractivity contribution in [2.24, 2.45) is 0 Å². The lowest BCUT2D eigenvalue weighted by Gasteiger charge is -2.35. The maximum Gasteiger partial charge on any atom is 0.336 e. The number of benzene rings is 4. The van der Waals surface area contributed by atoms with E-state index in [1.807, 2.05) is 52.0 Å². The number of anilines is 2.